The smallest absolute Gasteiger partial charge is 0.131 e. The molecule has 6 aromatic rings. The van der Waals surface area contributed by atoms with Crippen molar-refractivity contribution in [3.63, 3.8) is 0 Å². The van der Waals surface area contributed by atoms with E-state index in [0.29, 0.717) is 0 Å². The highest BCUT2D eigenvalue weighted by Gasteiger charge is 2.09. The molecule has 0 aliphatic carbocycles. The quantitative estimate of drug-likeness (QED) is 0.0310. The molecule has 0 aliphatic heterocycles. The summed E-state index contributed by atoms with van der Waals surface area (Å²) >= 11 is 0. The van der Waals surface area contributed by atoms with Crippen molar-refractivity contribution in [1.29, 1.82) is 0 Å². The average Bonchev–Trinajstić information content (AvgIpc) is 1.27. The molecular weight excluding hydrogens is 1250 g/mol. The second-order valence-electron chi connectivity index (χ2n) is 26.6. The molecule has 0 radical (unpaired) electrons. The highest BCUT2D eigenvalue weighted by atomic mass is 15.1. The summed E-state index contributed by atoms with van der Waals surface area (Å²) in [4.78, 5) is 18.7. The molecule has 102 heavy (non-hydrogen) atoms. The van der Waals surface area contributed by atoms with Crippen LogP contribution in [0.1, 0.15) is 165 Å². The van der Waals surface area contributed by atoms with Gasteiger partial charge in [-0.1, -0.05) is 123 Å². The summed E-state index contributed by atoms with van der Waals surface area (Å²) in [6.45, 7) is 75.2. The zero-order valence-corrected chi connectivity index (χ0v) is 73.3. The Kier molecular flexibility index (Phi) is 86.1. The second-order valence-corrected chi connectivity index (χ2v) is 26.6. The molecule has 12 N–H and O–H groups in total. The van der Waals surface area contributed by atoms with Crippen molar-refractivity contribution in [2.24, 2.45) is 0 Å². The van der Waals surface area contributed by atoms with E-state index in [2.05, 4.69) is 385 Å². The minimum atomic E-state index is 1.14. The van der Waals surface area contributed by atoms with E-state index in [1.54, 1.807) is 49.0 Å². The van der Waals surface area contributed by atoms with Gasteiger partial charge in [-0.3, -0.25) is 0 Å². The van der Waals surface area contributed by atoms with Crippen LogP contribution in [0.5, 0.6) is 0 Å². The molecule has 0 bridgehead atoms. The number of para-hydroxylation sites is 6. The lowest BCUT2D eigenvalue weighted by molar-refractivity contribution is -0.877. The van der Waals surface area contributed by atoms with Gasteiger partial charge >= 0.3 is 0 Å². The van der Waals surface area contributed by atoms with E-state index < -0.39 is 0 Å². The van der Waals surface area contributed by atoms with Crippen molar-refractivity contribution in [3.05, 3.63) is 182 Å². The van der Waals surface area contributed by atoms with E-state index >= 15 is 0 Å². The predicted molar refractivity (Wildman–Crippen MR) is 457 cm³/mol. The van der Waals surface area contributed by atoms with Crippen molar-refractivity contribution in [2.45, 2.75) is 165 Å². The SMILES string of the molecule is CCC[NH+](C)CC.CCC[NH+](CC)c1ccccc1.CC[NH+](C)C.CC[NH+](C)CC.CC[NH+](C)CC.CC[NH+](C)CC.CC[NH+](C)CC.CC[NH+](C)c1ccccc1.CC[NH+](CC)c1ccccc1.CC[NH+](CC)c1ccccc1.CC[NH+](CC)c1ccccc1.CC[NH+](CC)c1ccccc1. The number of hydrogen-bond donors (Lipinski definition) is 12. The molecule has 0 aliphatic rings. The van der Waals surface area contributed by atoms with Gasteiger partial charge in [-0.05, 0) is 224 Å². The van der Waals surface area contributed by atoms with Gasteiger partial charge in [0.05, 0.1) is 200 Å². The first kappa shape index (κ1) is 108. The zero-order valence-electron chi connectivity index (χ0n) is 73.3. The molecule has 0 spiro atoms. The molecule has 0 saturated heterocycles. The van der Waals surface area contributed by atoms with Crippen molar-refractivity contribution >= 4 is 34.1 Å². The number of benzene rings is 6. The fraction of sp³-hybridized carbons (Fsp3) is 0.600. The normalized spacial score (nSPS) is 11.1. The summed E-state index contributed by atoms with van der Waals surface area (Å²) in [5.41, 5.74) is 8.39. The Morgan fingerprint density at radius 1 is 0.167 bits per heavy atom. The molecule has 3 atom stereocenters. The van der Waals surface area contributed by atoms with Crippen LogP contribution < -0.4 is 58.8 Å². The van der Waals surface area contributed by atoms with Crippen LogP contribution in [0.15, 0.2) is 182 Å². The van der Waals surface area contributed by atoms with Gasteiger partial charge in [-0.15, -0.1) is 0 Å². The van der Waals surface area contributed by atoms with Crippen LogP contribution in [-0.2, 0) is 0 Å². The van der Waals surface area contributed by atoms with E-state index in [0.717, 1.165) is 6.54 Å². The lowest BCUT2D eigenvalue weighted by Gasteiger charge is -2.15. The van der Waals surface area contributed by atoms with Crippen molar-refractivity contribution < 1.29 is 58.8 Å². The van der Waals surface area contributed by atoms with E-state index in [-0.39, 0.29) is 0 Å². The monoisotopic (exact) mass is 1430 g/mol. The third kappa shape index (κ3) is 65.6. The minimum Gasteiger partial charge on any atom is -0.340 e. The highest BCUT2D eigenvalue weighted by Crippen LogP contribution is 2.01. The summed E-state index contributed by atoms with van der Waals surface area (Å²) in [5, 5.41) is 0. The first-order valence-electron chi connectivity index (χ1n) is 41.3. The molecule has 12 heteroatoms. The number of quaternary nitrogens is 12. The van der Waals surface area contributed by atoms with Gasteiger partial charge < -0.3 is 58.8 Å². The van der Waals surface area contributed by atoms with Gasteiger partial charge in [0.15, 0.2) is 0 Å². The summed E-state index contributed by atoms with van der Waals surface area (Å²) in [6, 6.07) is 63.7. The third-order valence-electron chi connectivity index (χ3n) is 18.9. The number of rotatable bonds is 30. The lowest BCUT2D eigenvalue weighted by Crippen LogP contribution is -3.08. The minimum absolute atomic E-state index is 1.14. The van der Waals surface area contributed by atoms with Gasteiger partial charge in [0.25, 0.3) is 0 Å². The summed E-state index contributed by atoms with van der Waals surface area (Å²) in [5.74, 6) is 0. The summed E-state index contributed by atoms with van der Waals surface area (Å²) < 4.78 is 0. The molecule has 588 valence electrons. The van der Waals surface area contributed by atoms with E-state index in [1.807, 2.05) is 6.07 Å². The standard InChI is InChI=1S/C11H17N.4C10H15N.C9H13N.C6H15N.4C5H13N.C4H11N/c1-3-10-12(4-2)11-8-6-5-7-9-11;4*1-3-11(4-2)10-8-6-5-7-9-10;1-3-10(2)9-7-5-4-6-8-9;1-4-6-7(3)5-2;4*1-4-6(3)5-2;1-4-5(2)3/h5-9H,3-4,10H2,1-2H3;4*5-9H,3-4H2,1-2H3;4-8H,3H2,1-2H3;4-6H2,1-3H3;4*4-5H2,1-3H3;4H2,1-3H3/p+12. The van der Waals surface area contributed by atoms with Gasteiger partial charge in [0, 0.05) is 0 Å². The van der Waals surface area contributed by atoms with Gasteiger partial charge in [0.2, 0.25) is 0 Å². The summed E-state index contributed by atoms with van der Waals surface area (Å²) in [7, 11) is 17.5. The third-order valence-corrected chi connectivity index (χ3v) is 18.9. The average molecular weight is 1430 g/mol. The Labute approximate surface area is 637 Å². The Hall–Kier alpha value is -5.16. The lowest BCUT2D eigenvalue weighted by atomic mass is 10.3. The molecule has 0 fully saturated rings. The molecule has 0 amide bonds. The van der Waals surface area contributed by atoms with Crippen molar-refractivity contribution in [3.8, 4) is 0 Å². The second kappa shape index (κ2) is 81.5. The molecule has 12 nitrogen and oxygen atoms in total. The van der Waals surface area contributed by atoms with Crippen LogP contribution in [0.3, 0.4) is 0 Å². The van der Waals surface area contributed by atoms with E-state index in [1.165, 1.54) is 194 Å². The van der Waals surface area contributed by atoms with Crippen molar-refractivity contribution in [2.75, 3.05) is 200 Å². The van der Waals surface area contributed by atoms with Gasteiger partial charge in [-0.2, -0.15) is 0 Å². The largest absolute Gasteiger partial charge is 0.340 e. The van der Waals surface area contributed by atoms with Crippen molar-refractivity contribution in [1.82, 2.24) is 0 Å². The Bertz CT molecular complexity index is 2180. The molecular formula is C90H180N12+12. The Morgan fingerprint density at radius 3 is 0.451 bits per heavy atom. The number of nitrogens with one attached hydrogen (secondary N) is 12. The van der Waals surface area contributed by atoms with Gasteiger partial charge in [0.1, 0.15) is 34.1 Å². The molecule has 0 saturated carbocycles. The molecule has 6 aromatic carbocycles. The topological polar surface area (TPSA) is 53.3 Å². The van der Waals surface area contributed by atoms with Crippen LogP contribution in [0.25, 0.3) is 0 Å². The van der Waals surface area contributed by atoms with E-state index in [4.69, 9.17) is 0 Å². The first-order valence-corrected chi connectivity index (χ1v) is 41.3. The fourth-order valence-electron chi connectivity index (χ4n) is 9.36. The Morgan fingerprint density at radius 2 is 0.333 bits per heavy atom. The van der Waals surface area contributed by atoms with Gasteiger partial charge in [-0.25, -0.2) is 0 Å². The zero-order chi connectivity index (χ0) is 78.6. The number of hydrogen-bond acceptors (Lipinski definition) is 0. The Balaban J connectivity index is -0.000000249. The highest BCUT2D eigenvalue weighted by molar-refractivity contribution is 5.31. The molecule has 0 heterocycles. The molecule has 0 aromatic heterocycles. The van der Waals surface area contributed by atoms with Crippen LogP contribution in [0.2, 0.25) is 0 Å². The van der Waals surface area contributed by atoms with Crippen LogP contribution >= 0.6 is 0 Å². The maximum Gasteiger partial charge on any atom is 0.131 e. The van der Waals surface area contributed by atoms with E-state index in [9.17, 15) is 0 Å². The summed E-state index contributed by atoms with van der Waals surface area (Å²) in [6.07, 6.45) is 2.55. The van der Waals surface area contributed by atoms with Crippen LogP contribution in [-0.4, -0.2) is 200 Å². The maximum atomic E-state index is 2.23. The maximum absolute atomic E-state index is 2.23. The molecule has 6 rings (SSSR count). The van der Waals surface area contributed by atoms with Crippen LogP contribution in [0, 0.1) is 0 Å². The molecule has 3 unspecified atom stereocenters. The fourth-order valence-corrected chi connectivity index (χ4v) is 9.36. The first-order chi connectivity index (χ1) is 49.1. The predicted octanol–water partition coefficient (Wildman–Crippen LogP) is 4.70. The van der Waals surface area contributed by atoms with Crippen LogP contribution in [0.4, 0.5) is 34.1 Å².